The van der Waals surface area contributed by atoms with Crippen LogP contribution in [0.4, 0.5) is 4.79 Å². The lowest BCUT2D eigenvalue weighted by Crippen LogP contribution is -2.47. The van der Waals surface area contributed by atoms with Crippen LogP contribution in [0.1, 0.15) is 12.0 Å². The highest BCUT2D eigenvalue weighted by atomic mass is 16.5. The molecule has 1 aliphatic heterocycles. The van der Waals surface area contributed by atoms with Crippen LogP contribution in [0.2, 0.25) is 0 Å². The van der Waals surface area contributed by atoms with Gasteiger partial charge in [-0.1, -0.05) is 18.2 Å². The molecule has 0 radical (unpaired) electrons. The number of rotatable bonds is 5. The number of para-hydroxylation sites is 1. The fourth-order valence-corrected chi connectivity index (χ4v) is 2.08. The van der Waals surface area contributed by atoms with Crippen molar-refractivity contribution in [1.82, 2.24) is 10.6 Å². The third kappa shape index (κ3) is 4.13. The van der Waals surface area contributed by atoms with E-state index >= 15 is 0 Å². The van der Waals surface area contributed by atoms with Gasteiger partial charge in [0.2, 0.25) is 0 Å². The summed E-state index contributed by atoms with van der Waals surface area (Å²) in [6.07, 6.45) is 1.62. The quantitative estimate of drug-likeness (QED) is 0.789. The number of carbonyl (C=O) groups is 1. The summed E-state index contributed by atoms with van der Waals surface area (Å²) >= 11 is 0. The fourth-order valence-electron chi connectivity index (χ4n) is 2.08. The minimum atomic E-state index is -0.149. The zero-order chi connectivity index (χ0) is 13.5. The van der Waals surface area contributed by atoms with Crippen LogP contribution in [0, 0.1) is 0 Å². The van der Waals surface area contributed by atoms with Gasteiger partial charge in [0.15, 0.2) is 0 Å². The molecule has 5 heteroatoms. The maximum Gasteiger partial charge on any atom is 0.315 e. The van der Waals surface area contributed by atoms with E-state index in [0.717, 1.165) is 24.2 Å². The summed E-state index contributed by atoms with van der Waals surface area (Å²) in [6, 6.07) is 7.79. The molecule has 0 aliphatic carbocycles. The topological polar surface area (TPSA) is 59.6 Å². The van der Waals surface area contributed by atoms with Crippen LogP contribution in [-0.4, -0.2) is 38.9 Å². The van der Waals surface area contributed by atoms with Crippen LogP contribution in [0.15, 0.2) is 24.3 Å². The number of urea groups is 1. The van der Waals surface area contributed by atoms with Crippen LogP contribution in [0.5, 0.6) is 5.75 Å². The molecular formula is C14H20N2O3. The lowest BCUT2D eigenvalue weighted by atomic mass is 10.0. The zero-order valence-corrected chi connectivity index (χ0v) is 11.1. The van der Waals surface area contributed by atoms with Crippen LogP contribution in [0.25, 0.3) is 0 Å². The molecule has 1 aromatic carbocycles. The van der Waals surface area contributed by atoms with E-state index in [1.54, 1.807) is 7.11 Å². The molecule has 1 aromatic rings. The van der Waals surface area contributed by atoms with Crippen molar-refractivity contribution in [1.29, 1.82) is 0 Å². The van der Waals surface area contributed by atoms with Gasteiger partial charge in [0, 0.05) is 20.3 Å². The number of benzene rings is 1. The van der Waals surface area contributed by atoms with Crippen LogP contribution >= 0.6 is 0 Å². The SMILES string of the molecule is COCCCNC(=O)NC1COc2ccccc2C1. The highest BCUT2D eigenvalue weighted by molar-refractivity contribution is 5.74. The van der Waals surface area contributed by atoms with E-state index in [4.69, 9.17) is 9.47 Å². The molecule has 5 nitrogen and oxygen atoms in total. The number of carbonyl (C=O) groups excluding carboxylic acids is 1. The predicted octanol–water partition coefficient (Wildman–Crippen LogP) is 1.33. The van der Waals surface area contributed by atoms with Gasteiger partial charge < -0.3 is 20.1 Å². The molecule has 0 aromatic heterocycles. The van der Waals surface area contributed by atoms with Crippen molar-refractivity contribution in [3.63, 3.8) is 0 Å². The molecule has 19 heavy (non-hydrogen) atoms. The zero-order valence-electron chi connectivity index (χ0n) is 11.1. The fraction of sp³-hybridized carbons (Fsp3) is 0.500. The summed E-state index contributed by atoms with van der Waals surface area (Å²) < 4.78 is 10.5. The van der Waals surface area contributed by atoms with Crippen LogP contribution in [0.3, 0.4) is 0 Å². The van der Waals surface area contributed by atoms with Gasteiger partial charge in [-0.3, -0.25) is 0 Å². The summed E-state index contributed by atoms with van der Waals surface area (Å²) in [7, 11) is 1.65. The summed E-state index contributed by atoms with van der Waals surface area (Å²) in [5.41, 5.74) is 1.14. The van der Waals surface area contributed by atoms with Gasteiger partial charge in [0.05, 0.1) is 6.04 Å². The highest BCUT2D eigenvalue weighted by Crippen LogP contribution is 2.23. The molecule has 0 fully saturated rings. The van der Waals surface area contributed by atoms with Crippen molar-refractivity contribution >= 4 is 6.03 Å². The first kappa shape index (κ1) is 13.7. The second-order valence-electron chi connectivity index (χ2n) is 4.57. The summed E-state index contributed by atoms with van der Waals surface area (Å²) in [4.78, 5) is 11.7. The van der Waals surface area contributed by atoms with Crippen molar-refractivity contribution in [3.8, 4) is 5.75 Å². The molecule has 1 unspecified atom stereocenters. The number of ether oxygens (including phenoxy) is 2. The Balaban J connectivity index is 1.74. The molecular weight excluding hydrogens is 244 g/mol. The molecule has 0 saturated carbocycles. The maximum atomic E-state index is 11.7. The lowest BCUT2D eigenvalue weighted by molar-refractivity contribution is 0.191. The molecule has 0 bridgehead atoms. The molecule has 2 amide bonds. The molecule has 1 heterocycles. The highest BCUT2D eigenvalue weighted by Gasteiger charge is 2.20. The minimum Gasteiger partial charge on any atom is -0.491 e. The third-order valence-electron chi connectivity index (χ3n) is 3.02. The Labute approximate surface area is 113 Å². The van der Waals surface area contributed by atoms with Gasteiger partial charge in [-0.15, -0.1) is 0 Å². The first-order chi connectivity index (χ1) is 9.29. The van der Waals surface area contributed by atoms with Crippen molar-refractivity contribution in [2.24, 2.45) is 0 Å². The Morgan fingerprint density at radius 3 is 3.16 bits per heavy atom. The Bertz CT molecular complexity index is 423. The second kappa shape index (κ2) is 6.99. The third-order valence-corrected chi connectivity index (χ3v) is 3.02. The Kier molecular flexibility index (Phi) is 5.03. The monoisotopic (exact) mass is 264 g/mol. The first-order valence-corrected chi connectivity index (χ1v) is 6.53. The summed E-state index contributed by atoms with van der Waals surface area (Å²) in [5.74, 6) is 0.918. The smallest absolute Gasteiger partial charge is 0.315 e. The van der Waals surface area contributed by atoms with Gasteiger partial charge in [-0.2, -0.15) is 0 Å². The second-order valence-corrected chi connectivity index (χ2v) is 4.57. The van der Waals surface area contributed by atoms with Crippen LogP contribution < -0.4 is 15.4 Å². The number of amides is 2. The molecule has 2 N–H and O–H groups in total. The Morgan fingerprint density at radius 2 is 2.32 bits per heavy atom. The lowest BCUT2D eigenvalue weighted by Gasteiger charge is -2.26. The Hall–Kier alpha value is -1.75. The van der Waals surface area contributed by atoms with Crippen molar-refractivity contribution in [3.05, 3.63) is 29.8 Å². The van der Waals surface area contributed by atoms with Gasteiger partial charge in [0.1, 0.15) is 12.4 Å². The van der Waals surface area contributed by atoms with Gasteiger partial charge >= 0.3 is 6.03 Å². The molecule has 1 atom stereocenters. The van der Waals surface area contributed by atoms with Crippen LogP contribution in [-0.2, 0) is 11.2 Å². The number of methoxy groups -OCH3 is 1. The molecule has 0 saturated heterocycles. The van der Waals surface area contributed by atoms with E-state index in [1.165, 1.54) is 0 Å². The van der Waals surface area contributed by atoms with Gasteiger partial charge in [-0.25, -0.2) is 4.79 Å². The average molecular weight is 264 g/mol. The molecule has 1 aliphatic rings. The van der Waals surface area contributed by atoms with E-state index in [-0.39, 0.29) is 12.1 Å². The van der Waals surface area contributed by atoms with E-state index in [9.17, 15) is 4.79 Å². The van der Waals surface area contributed by atoms with Gasteiger partial charge in [0.25, 0.3) is 0 Å². The Morgan fingerprint density at radius 1 is 1.47 bits per heavy atom. The standard InChI is InChI=1S/C14H20N2O3/c1-18-8-4-7-15-14(17)16-12-9-11-5-2-3-6-13(11)19-10-12/h2-3,5-6,12H,4,7-10H2,1H3,(H2,15,16,17). The molecule has 104 valence electrons. The molecule has 2 rings (SSSR count). The normalized spacial score (nSPS) is 17.2. The minimum absolute atomic E-state index is 0.0253. The number of nitrogens with one attached hydrogen (secondary N) is 2. The first-order valence-electron chi connectivity index (χ1n) is 6.53. The van der Waals surface area contributed by atoms with Gasteiger partial charge in [-0.05, 0) is 24.5 Å². The number of hydrogen-bond acceptors (Lipinski definition) is 3. The van der Waals surface area contributed by atoms with E-state index in [1.807, 2.05) is 24.3 Å². The summed E-state index contributed by atoms with van der Waals surface area (Å²) in [5, 5.41) is 5.72. The largest absolute Gasteiger partial charge is 0.491 e. The summed E-state index contributed by atoms with van der Waals surface area (Å²) in [6.45, 7) is 1.78. The predicted molar refractivity (Wildman–Crippen MR) is 72.5 cm³/mol. The maximum absolute atomic E-state index is 11.7. The average Bonchev–Trinajstić information content (AvgIpc) is 2.43. The van der Waals surface area contributed by atoms with Crippen molar-refractivity contribution in [2.75, 3.05) is 26.9 Å². The number of hydrogen-bond donors (Lipinski definition) is 2. The van der Waals surface area contributed by atoms with E-state index in [0.29, 0.717) is 19.8 Å². The van der Waals surface area contributed by atoms with Crippen molar-refractivity contribution in [2.45, 2.75) is 18.9 Å². The van der Waals surface area contributed by atoms with E-state index in [2.05, 4.69) is 10.6 Å². The van der Waals surface area contributed by atoms with E-state index < -0.39 is 0 Å². The molecule has 0 spiro atoms. The number of fused-ring (bicyclic) bond motifs is 1. The van der Waals surface area contributed by atoms with Crippen molar-refractivity contribution < 1.29 is 14.3 Å².